The predicted octanol–water partition coefficient (Wildman–Crippen LogP) is 1.57. The maximum absolute atomic E-state index is 12.6. The molecule has 0 aliphatic carbocycles. The van der Waals surface area contributed by atoms with E-state index >= 15 is 0 Å². The molecule has 0 aliphatic rings. The molecule has 5 heteroatoms. The van der Waals surface area contributed by atoms with Gasteiger partial charge in [0.25, 0.3) is 0 Å². The van der Waals surface area contributed by atoms with Crippen LogP contribution in [0.25, 0.3) is 0 Å². The van der Waals surface area contributed by atoms with Crippen LogP contribution < -0.4 is 10.5 Å². The SMILES string of the molecule is COc1cc(Br)c(F)nc1N. The lowest BCUT2D eigenvalue weighted by Crippen LogP contribution is -1.98. The molecule has 0 saturated carbocycles. The molecule has 3 nitrogen and oxygen atoms in total. The molecule has 0 aromatic carbocycles. The van der Waals surface area contributed by atoms with E-state index in [-0.39, 0.29) is 10.3 Å². The molecule has 0 atom stereocenters. The van der Waals surface area contributed by atoms with E-state index in [4.69, 9.17) is 10.5 Å². The molecule has 1 aromatic heterocycles. The molecule has 0 unspecified atom stereocenters. The van der Waals surface area contributed by atoms with Gasteiger partial charge in [-0.15, -0.1) is 0 Å². The van der Waals surface area contributed by atoms with Gasteiger partial charge in [0, 0.05) is 6.07 Å². The zero-order valence-corrected chi connectivity index (χ0v) is 7.35. The second-order valence-corrected chi connectivity index (χ2v) is 2.70. The normalized spacial score (nSPS) is 9.73. The molecule has 11 heavy (non-hydrogen) atoms. The molecule has 0 amide bonds. The summed E-state index contributed by atoms with van der Waals surface area (Å²) in [5, 5.41) is 0. The van der Waals surface area contributed by atoms with Crippen molar-refractivity contribution < 1.29 is 9.13 Å². The first-order valence-corrected chi connectivity index (χ1v) is 3.60. The number of nitrogen functional groups attached to an aromatic ring is 1. The first-order valence-electron chi connectivity index (χ1n) is 2.80. The fourth-order valence-electron chi connectivity index (χ4n) is 0.626. The van der Waals surface area contributed by atoms with Gasteiger partial charge in [0.15, 0.2) is 11.6 Å². The van der Waals surface area contributed by atoms with Gasteiger partial charge < -0.3 is 10.5 Å². The van der Waals surface area contributed by atoms with Crippen molar-refractivity contribution in [2.24, 2.45) is 0 Å². The number of methoxy groups -OCH3 is 1. The van der Waals surface area contributed by atoms with Crippen molar-refractivity contribution in [2.45, 2.75) is 0 Å². The molecule has 1 heterocycles. The summed E-state index contributed by atoms with van der Waals surface area (Å²) in [5.74, 6) is -0.227. The number of aromatic nitrogens is 1. The Labute approximate surface area is 71.5 Å². The topological polar surface area (TPSA) is 48.1 Å². The lowest BCUT2D eigenvalue weighted by Gasteiger charge is -2.03. The summed E-state index contributed by atoms with van der Waals surface area (Å²) in [6.07, 6.45) is 0. The summed E-state index contributed by atoms with van der Waals surface area (Å²) in [6, 6.07) is 1.43. The zero-order valence-electron chi connectivity index (χ0n) is 5.77. The summed E-state index contributed by atoms with van der Waals surface area (Å²) in [5.41, 5.74) is 5.30. The average Bonchev–Trinajstić information content (AvgIpc) is 1.97. The van der Waals surface area contributed by atoms with Crippen molar-refractivity contribution >= 4 is 21.7 Å². The summed E-state index contributed by atoms with van der Waals surface area (Å²) in [6.45, 7) is 0. The number of hydrogen-bond acceptors (Lipinski definition) is 3. The molecule has 0 bridgehead atoms. The van der Waals surface area contributed by atoms with Gasteiger partial charge in [-0.1, -0.05) is 0 Å². The highest BCUT2D eigenvalue weighted by atomic mass is 79.9. The minimum absolute atomic E-state index is 0.0493. The number of anilines is 1. The number of nitrogens with zero attached hydrogens (tertiary/aromatic N) is 1. The number of halogens is 2. The highest BCUT2D eigenvalue weighted by Gasteiger charge is 2.06. The van der Waals surface area contributed by atoms with Crippen LogP contribution in [0, 0.1) is 5.95 Å². The number of hydrogen-bond donors (Lipinski definition) is 1. The van der Waals surface area contributed by atoms with Crippen LogP contribution >= 0.6 is 15.9 Å². The third-order valence-electron chi connectivity index (χ3n) is 1.15. The first kappa shape index (κ1) is 8.26. The van der Waals surface area contributed by atoms with E-state index in [9.17, 15) is 4.39 Å². The number of pyridine rings is 1. The zero-order chi connectivity index (χ0) is 8.43. The Morgan fingerprint density at radius 1 is 1.73 bits per heavy atom. The third-order valence-corrected chi connectivity index (χ3v) is 1.70. The van der Waals surface area contributed by atoms with Crippen molar-refractivity contribution in [2.75, 3.05) is 12.8 Å². The largest absolute Gasteiger partial charge is 0.493 e. The summed E-state index contributed by atoms with van der Waals surface area (Å²) in [7, 11) is 1.44. The monoisotopic (exact) mass is 220 g/mol. The predicted molar refractivity (Wildman–Crippen MR) is 42.9 cm³/mol. The van der Waals surface area contributed by atoms with E-state index in [1.54, 1.807) is 0 Å². The van der Waals surface area contributed by atoms with Crippen LogP contribution in [0.2, 0.25) is 0 Å². The maximum Gasteiger partial charge on any atom is 0.229 e. The van der Waals surface area contributed by atoms with Gasteiger partial charge in [0.1, 0.15) is 0 Å². The summed E-state index contributed by atoms with van der Waals surface area (Å²) in [4.78, 5) is 3.38. The van der Waals surface area contributed by atoms with Gasteiger partial charge in [0.05, 0.1) is 11.6 Å². The Bertz CT molecular complexity index is 280. The van der Waals surface area contributed by atoms with Crippen molar-refractivity contribution in [3.63, 3.8) is 0 Å². The van der Waals surface area contributed by atoms with Crippen LogP contribution in [-0.2, 0) is 0 Å². The molecule has 60 valence electrons. The van der Waals surface area contributed by atoms with Gasteiger partial charge in [-0.05, 0) is 15.9 Å². The Morgan fingerprint density at radius 2 is 2.36 bits per heavy atom. The molecule has 1 aromatic rings. The van der Waals surface area contributed by atoms with Crippen LogP contribution in [0.3, 0.4) is 0 Å². The quantitative estimate of drug-likeness (QED) is 0.732. The van der Waals surface area contributed by atoms with Crippen molar-refractivity contribution in [3.8, 4) is 5.75 Å². The smallest absolute Gasteiger partial charge is 0.229 e. The Balaban J connectivity index is 3.21. The fraction of sp³-hybridized carbons (Fsp3) is 0.167. The Hall–Kier alpha value is -0.840. The standard InChI is InChI=1S/C6H6BrFN2O/c1-11-4-2-3(7)5(8)10-6(4)9/h2H,1H3,(H2,9,10). The van der Waals surface area contributed by atoms with Crippen molar-refractivity contribution in [3.05, 3.63) is 16.5 Å². The van der Waals surface area contributed by atoms with E-state index in [1.807, 2.05) is 0 Å². The van der Waals surface area contributed by atoms with Gasteiger partial charge in [0.2, 0.25) is 5.95 Å². The molecule has 0 radical (unpaired) electrons. The number of ether oxygens (including phenoxy) is 1. The number of nitrogens with two attached hydrogens (primary N) is 1. The summed E-state index contributed by atoms with van der Waals surface area (Å²) < 4.78 is 17.6. The van der Waals surface area contributed by atoms with Crippen molar-refractivity contribution in [1.29, 1.82) is 0 Å². The van der Waals surface area contributed by atoms with Gasteiger partial charge in [-0.3, -0.25) is 0 Å². The van der Waals surface area contributed by atoms with Gasteiger partial charge in [-0.25, -0.2) is 0 Å². The molecular weight excluding hydrogens is 215 g/mol. The fourth-order valence-corrected chi connectivity index (χ4v) is 0.923. The Kier molecular flexibility index (Phi) is 2.28. The molecule has 0 saturated heterocycles. The van der Waals surface area contributed by atoms with E-state index in [1.165, 1.54) is 13.2 Å². The minimum atomic E-state index is -0.636. The summed E-state index contributed by atoms with van der Waals surface area (Å²) >= 11 is 2.95. The highest BCUT2D eigenvalue weighted by Crippen LogP contribution is 2.24. The van der Waals surface area contributed by atoms with E-state index < -0.39 is 5.95 Å². The molecule has 0 spiro atoms. The molecule has 2 N–H and O–H groups in total. The second kappa shape index (κ2) is 3.04. The van der Waals surface area contributed by atoms with Crippen LogP contribution in [0.4, 0.5) is 10.2 Å². The molecule has 1 rings (SSSR count). The number of rotatable bonds is 1. The average molecular weight is 221 g/mol. The third kappa shape index (κ3) is 1.59. The van der Waals surface area contributed by atoms with Crippen molar-refractivity contribution in [1.82, 2.24) is 4.98 Å². The second-order valence-electron chi connectivity index (χ2n) is 1.85. The van der Waals surface area contributed by atoms with E-state index in [0.717, 1.165) is 0 Å². The van der Waals surface area contributed by atoms with E-state index in [2.05, 4.69) is 20.9 Å². The van der Waals surface area contributed by atoms with E-state index in [0.29, 0.717) is 5.75 Å². The van der Waals surface area contributed by atoms with Crippen LogP contribution in [0.1, 0.15) is 0 Å². The van der Waals surface area contributed by atoms with Crippen LogP contribution in [0.5, 0.6) is 5.75 Å². The highest BCUT2D eigenvalue weighted by molar-refractivity contribution is 9.10. The molecular formula is C6H6BrFN2O. The minimum Gasteiger partial charge on any atom is -0.493 e. The van der Waals surface area contributed by atoms with Crippen LogP contribution in [0.15, 0.2) is 10.5 Å². The lowest BCUT2D eigenvalue weighted by atomic mass is 10.4. The lowest BCUT2D eigenvalue weighted by molar-refractivity contribution is 0.412. The Morgan fingerprint density at radius 3 is 2.91 bits per heavy atom. The first-order chi connectivity index (χ1) is 5.15. The van der Waals surface area contributed by atoms with Gasteiger partial charge in [-0.2, -0.15) is 9.37 Å². The van der Waals surface area contributed by atoms with Gasteiger partial charge >= 0.3 is 0 Å². The molecule has 0 aliphatic heterocycles. The maximum atomic E-state index is 12.6. The molecule has 0 fully saturated rings. The van der Waals surface area contributed by atoms with Crippen LogP contribution in [-0.4, -0.2) is 12.1 Å².